The van der Waals surface area contributed by atoms with Gasteiger partial charge in [-0.3, -0.25) is 4.79 Å². The van der Waals surface area contributed by atoms with Crippen molar-refractivity contribution < 1.29 is 14.4 Å². The average molecular weight is 227 g/mol. The highest BCUT2D eigenvalue weighted by Gasteiger charge is 2.08. The van der Waals surface area contributed by atoms with Crippen LogP contribution in [0, 0.1) is 0 Å². The Balaban J connectivity index is 2.28. The fourth-order valence-electron chi connectivity index (χ4n) is 1.22. The standard InChI is InChI=1S/C10H17N3O3/c1-2-3-8-12-10(16-13-8)5-4-9(15)11-6-7-14/h14H,2-7H2,1H3,(H,11,15). The molecule has 0 radical (unpaired) electrons. The first-order chi connectivity index (χ1) is 7.76. The maximum Gasteiger partial charge on any atom is 0.227 e. The zero-order chi connectivity index (χ0) is 11.8. The number of carbonyl (C=O) groups excluding carboxylic acids is 1. The lowest BCUT2D eigenvalue weighted by Crippen LogP contribution is -2.26. The third-order valence-electron chi connectivity index (χ3n) is 1.98. The summed E-state index contributed by atoms with van der Waals surface area (Å²) in [6, 6.07) is 0. The highest BCUT2D eigenvalue weighted by molar-refractivity contribution is 5.75. The molecule has 6 nitrogen and oxygen atoms in total. The molecule has 0 fully saturated rings. The largest absolute Gasteiger partial charge is 0.395 e. The second kappa shape index (κ2) is 6.95. The summed E-state index contributed by atoms with van der Waals surface area (Å²) in [6.45, 7) is 2.27. The monoisotopic (exact) mass is 227 g/mol. The van der Waals surface area contributed by atoms with Crippen molar-refractivity contribution in [3.05, 3.63) is 11.7 Å². The van der Waals surface area contributed by atoms with E-state index < -0.39 is 0 Å². The van der Waals surface area contributed by atoms with Crippen molar-refractivity contribution in [2.24, 2.45) is 0 Å². The van der Waals surface area contributed by atoms with Crippen LogP contribution in [-0.2, 0) is 17.6 Å². The molecule has 16 heavy (non-hydrogen) atoms. The van der Waals surface area contributed by atoms with E-state index in [0.717, 1.165) is 12.8 Å². The molecular formula is C10H17N3O3. The second-order valence-electron chi connectivity index (χ2n) is 3.43. The Morgan fingerprint density at radius 3 is 3.00 bits per heavy atom. The van der Waals surface area contributed by atoms with E-state index in [1.807, 2.05) is 6.92 Å². The van der Waals surface area contributed by atoms with Crippen LogP contribution in [-0.4, -0.2) is 34.3 Å². The van der Waals surface area contributed by atoms with Gasteiger partial charge in [0.05, 0.1) is 6.61 Å². The summed E-state index contributed by atoms with van der Waals surface area (Å²) in [7, 11) is 0. The summed E-state index contributed by atoms with van der Waals surface area (Å²) >= 11 is 0. The predicted molar refractivity (Wildman–Crippen MR) is 56.7 cm³/mol. The number of rotatable bonds is 7. The fourth-order valence-corrected chi connectivity index (χ4v) is 1.22. The van der Waals surface area contributed by atoms with Crippen LogP contribution in [0.5, 0.6) is 0 Å². The van der Waals surface area contributed by atoms with Gasteiger partial charge in [-0.15, -0.1) is 0 Å². The van der Waals surface area contributed by atoms with Crippen molar-refractivity contribution in [1.29, 1.82) is 0 Å². The van der Waals surface area contributed by atoms with E-state index in [2.05, 4.69) is 15.5 Å². The molecule has 0 aliphatic rings. The highest BCUT2D eigenvalue weighted by atomic mass is 16.5. The van der Waals surface area contributed by atoms with Crippen molar-refractivity contribution in [2.75, 3.05) is 13.2 Å². The number of nitrogens with zero attached hydrogens (tertiary/aromatic N) is 2. The summed E-state index contributed by atoms with van der Waals surface area (Å²) < 4.78 is 4.98. The molecule has 90 valence electrons. The Morgan fingerprint density at radius 2 is 2.31 bits per heavy atom. The van der Waals surface area contributed by atoms with Crippen LogP contribution < -0.4 is 5.32 Å². The van der Waals surface area contributed by atoms with Crippen LogP contribution in [0.25, 0.3) is 0 Å². The summed E-state index contributed by atoms with van der Waals surface area (Å²) in [5, 5.41) is 14.9. The number of amides is 1. The molecule has 2 N–H and O–H groups in total. The molecule has 1 aromatic rings. The fraction of sp³-hybridized carbons (Fsp3) is 0.700. The molecule has 0 atom stereocenters. The number of aromatic nitrogens is 2. The minimum atomic E-state index is -0.121. The van der Waals surface area contributed by atoms with E-state index in [4.69, 9.17) is 9.63 Å². The van der Waals surface area contributed by atoms with Crippen LogP contribution in [0.1, 0.15) is 31.5 Å². The van der Waals surface area contributed by atoms with E-state index in [-0.39, 0.29) is 19.1 Å². The first-order valence-electron chi connectivity index (χ1n) is 5.45. The molecule has 1 rings (SSSR count). The van der Waals surface area contributed by atoms with Crippen molar-refractivity contribution in [3.63, 3.8) is 0 Å². The van der Waals surface area contributed by atoms with Gasteiger partial charge >= 0.3 is 0 Å². The van der Waals surface area contributed by atoms with Crippen LogP contribution >= 0.6 is 0 Å². The smallest absolute Gasteiger partial charge is 0.227 e. The summed E-state index contributed by atoms with van der Waals surface area (Å²) in [5.41, 5.74) is 0. The van der Waals surface area contributed by atoms with E-state index >= 15 is 0 Å². The number of aliphatic hydroxyl groups excluding tert-OH is 1. The van der Waals surface area contributed by atoms with Crippen molar-refractivity contribution in [2.45, 2.75) is 32.6 Å². The minimum absolute atomic E-state index is 0.0487. The molecule has 1 amide bonds. The molecule has 0 saturated carbocycles. The first kappa shape index (κ1) is 12.6. The van der Waals surface area contributed by atoms with Gasteiger partial charge in [0.1, 0.15) is 0 Å². The molecule has 0 spiro atoms. The molecule has 0 bridgehead atoms. The number of nitrogens with one attached hydrogen (secondary N) is 1. The lowest BCUT2D eigenvalue weighted by atomic mass is 10.3. The van der Waals surface area contributed by atoms with Gasteiger partial charge in [0, 0.05) is 25.8 Å². The molecule has 1 aromatic heterocycles. The van der Waals surface area contributed by atoms with E-state index in [0.29, 0.717) is 24.6 Å². The Morgan fingerprint density at radius 1 is 1.50 bits per heavy atom. The third kappa shape index (κ3) is 4.39. The zero-order valence-corrected chi connectivity index (χ0v) is 9.40. The Bertz CT molecular complexity index is 325. The summed E-state index contributed by atoms with van der Waals surface area (Å²) in [6.07, 6.45) is 2.50. The number of carbonyl (C=O) groups is 1. The maximum atomic E-state index is 11.2. The van der Waals surface area contributed by atoms with Crippen LogP contribution in [0.15, 0.2) is 4.52 Å². The third-order valence-corrected chi connectivity index (χ3v) is 1.98. The normalized spacial score (nSPS) is 10.4. The average Bonchev–Trinajstić information content (AvgIpc) is 2.72. The molecule has 0 aliphatic carbocycles. The molecule has 0 saturated heterocycles. The number of aryl methyl sites for hydroxylation is 2. The van der Waals surface area contributed by atoms with Crippen LogP contribution in [0.3, 0.4) is 0 Å². The molecule has 0 aromatic carbocycles. The lowest BCUT2D eigenvalue weighted by molar-refractivity contribution is -0.121. The van der Waals surface area contributed by atoms with Crippen molar-refractivity contribution in [3.8, 4) is 0 Å². The van der Waals surface area contributed by atoms with Crippen LogP contribution in [0.4, 0.5) is 0 Å². The van der Waals surface area contributed by atoms with E-state index in [1.54, 1.807) is 0 Å². The number of aliphatic hydroxyl groups is 1. The van der Waals surface area contributed by atoms with E-state index in [1.165, 1.54) is 0 Å². The van der Waals surface area contributed by atoms with Gasteiger partial charge in [-0.05, 0) is 6.42 Å². The predicted octanol–water partition coefficient (Wildman–Crippen LogP) is 0.0632. The number of hydrogen-bond acceptors (Lipinski definition) is 5. The summed E-state index contributed by atoms with van der Waals surface area (Å²) in [4.78, 5) is 15.3. The van der Waals surface area contributed by atoms with Gasteiger partial charge in [-0.25, -0.2) is 0 Å². The van der Waals surface area contributed by atoms with Gasteiger partial charge in [-0.2, -0.15) is 4.98 Å². The summed E-state index contributed by atoms with van der Waals surface area (Å²) in [5.74, 6) is 1.06. The SMILES string of the molecule is CCCc1noc(CCC(=O)NCCO)n1. The van der Waals surface area contributed by atoms with Gasteiger partial charge in [0.25, 0.3) is 0 Å². The Kier molecular flexibility index (Phi) is 5.49. The van der Waals surface area contributed by atoms with Gasteiger partial charge in [0.15, 0.2) is 5.82 Å². The van der Waals surface area contributed by atoms with Gasteiger partial charge < -0.3 is 14.9 Å². The number of hydrogen-bond donors (Lipinski definition) is 2. The van der Waals surface area contributed by atoms with Gasteiger partial charge in [0.2, 0.25) is 11.8 Å². The van der Waals surface area contributed by atoms with Crippen LogP contribution in [0.2, 0.25) is 0 Å². The maximum absolute atomic E-state index is 11.2. The van der Waals surface area contributed by atoms with Gasteiger partial charge in [-0.1, -0.05) is 12.1 Å². The highest BCUT2D eigenvalue weighted by Crippen LogP contribution is 2.02. The Labute approximate surface area is 94.0 Å². The lowest BCUT2D eigenvalue weighted by Gasteiger charge is -1.99. The van der Waals surface area contributed by atoms with Crippen molar-refractivity contribution >= 4 is 5.91 Å². The van der Waals surface area contributed by atoms with E-state index in [9.17, 15) is 4.79 Å². The molecule has 1 heterocycles. The molecule has 0 aliphatic heterocycles. The van der Waals surface area contributed by atoms with Crippen molar-refractivity contribution in [1.82, 2.24) is 15.5 Å². The quantitative estimate of drug-likeness (QED) is 0.687. The minimum Gasteiger partial charge on any atom is -0.395 e. The topological polar surface area (TPSA) is 88.2 Å². The zero-order valence-electron chi connectivity index (χ0n) is 9.40. The Hall–Kier alpha value is -1.43. The second-order valence-corrected chi connectivity index (χ2v) is 3.43. The molecule has 0 unspecified atom stereocenters. The molecule has 6 heteroatoms. The first-order valence-corrected chi connectivity index (χ1v) is 5.45. The molecular weight excluding hydrogens is 210 g/mol.